The lowest BCUT2D eigenvalue weighted by atomic mass is 10.2. The van der Waals surface area contributed by atoms with Gasteiger partial charge in [-0.15, -0.1) is 0 Å². The summed E-state index contributed by atoms with van der Waals surface area (Å²) in [6.07, 6.45) is 0.969. The molecular formula is C21H20F3N7OS. The first-order valence-corrected chi connectivity index (χ1v) is 11.5. The predicted molar refractivity (Wildman–Crippen MR) is 118 cm³/mol. The van der Waals surface area contributed by atoms with Crippen LogP contribution < -0.4 is 10.5 Å². The highest BCUT2D eigenvalue weighted by molar-refractivity contribution is 7.20. The number of nitrogens with zero attached hydrogens (tertiary/aromatic N) is 7. The molecule has 172 valence electrons. The number of aromatic nitrogens is 5. The van der Waals surface area contributed by atoms with E-state index in [1.807, 2.05) is 0 Å². The zero-order valence-corrected chi connectivity index (χ0v) is 18.5. The van der Waals surface area contributed by atoms with Crippen molar-refractivity contribution in [1.82, 2.24) is 28.9 Å². The maximum Gasteiger partial charge on any atom is 0.420 e. The molecule has 4 aromatic heterocycles. The molecule has 0 radical (unpaired) electrons. The Bertz CT molecular complexity index is 1440. The van der Waals surface area contributed by atoms with E-state index in [9.17, 15) is 18.0 Å². The first-order chi connectivity index (χ1) is 15.8. The summed E-state index contributed by atoms with van der Waals surface area (Å²) < 4.78 is 43.6. The number of anilines is 1. The van der Waals surface area contributed by atoms with E-state index >= 15 is 0 Å². The molecule has 0 N–H and O–H groups in total. The van der Waals surface area contributed by atoms with Gasteiger partial charge in [-0.25, -0.2) is 14.5 Å². The fourth-order valence-electron chi connectivity index (χ4n) is 4.78. The molecule has 12 heteroatoms. The lowest BCUT2D eigenvalue weighted by Crippen LogP contribution is -2.50. The first-order valence-electron chi connectivity index (χ1n) is 10.7. The van der Waals surface area contributed by atoms with Crippen LogP contribution in [-0.2, 0) is 6.18 Å². The van der Waals surface area contributed by atoms with Gasteiger partial charge in [-0.2, -0.15) is 18.3 Å². The minimum Gasteiger partial charge on any atom is -0.359 e. The van der Waals surface area contributed by atoms with Gasteiger partial charge in [-0.1, -0.05) is 11.3 Å². The quantitative estimate of drug-likeness (QED) is 0.444. The van der Waals surface area contributed by atoms with Gasteiger partial charge < -0.3 is 4.90 Å². The highest BCUT2D eigenvalue weighted by Crippen LogP contribution is 2.35. The van der Waals surface area contributed by atoms with Gasteiger partial charge in [0.2, 0.25) is 0 Å². The number of alkyl halides is 3. The lowest BCUT2D eigenvalue weighted by Gasteiger charge is -2.37. The van der Waals surface area contributed by atoms with Crippen molar-refractivity contribution in [3.8, 4) is 11.4 Å². The largest absolute Gasteiger partial charge is 0.420 e. The van der Waals surface area contributed by atoms with Crippen LogP contribution in [-0.4, -0.2) is 61.1 Å². The van der Waals surface area contributed by atoms with E-state index in [-0.39, 0.29) is 22.6 Å². The topological polar surface area (TPSA) is 71.0 Å². The Labute approximate surface area is 189 Å². The molecule has 33 heavy (non-hydrogen) atoms. The molecule has 0 bridgehead atoms. The summed E-state index contributed by atoms with van der Waals surface area (Å²) in [5.74, 6) is 0. The third-order valence-corrected chi connectivity index (χ3v) is 7.41. The van der Waals surface area contributed by atoms with Crippen molar-refractivity contribution < 1.29 is 13.2 Å². The molecule has 0 aliphatic carbocycles. The van der Waals surface area contributed by atoms with Crippen molar-refractivity contribution in [2.45, 2.75) is 32.0 Å². The molecule has 0 spiro atoms. The monoisotopic (exact) mass is 475 g/mol. The van der Waals surface area contributed by atoms with Crippen LogP contribution in [0.4, 0.5) is 18.2 Å². The lowest BCUT2D eigenvalue weighted by molar-refractivity contribution is -0.136. The molecule has 2 aliphatic heterocycles. The average molecular weight is 476 g/mol. The van der Waals surface area contributed by atoms with Gasteiger partial charge in [0.25, 0.3) is 5.56 Å². The van der Waals surface area contributed by atoms with Gasteiger partial charge in [-0.05, 0) is 32.4 Å². The standard InChI is InChI=1S/C21H20F3N7OS/c1-12-9-31-19(25-12)14(21(22,23)24)7-16(27-31)15-8-17(32)30-11-18(33-20(30)26-15)29-6-5-28-4-2-3-13(28)10-29/h7-9,11,13H,2-6,10H2,1H3/t13-/m1/s1. The van der Waals surface area contributed by atoms with Crippen molar-refractivity contribution >= 4 is 26.9 Å². The molecule has 4 aromatic rings. The van der Waals surface area contributed by atoms with Gasteiger partial charge in [0, 0.05) is 37.9 Å². The summed E-state index contributed by atoms with van der Waals surface area (Å²) in [4.78, 5) is 26.5. The second-order valence-corrected chi connectivity index (χ2v) is 9.56. The Balaban J connectivity index is 1.42. The summed E-state index contributed by atoms with van der Waals surface area (Å²) in [6.45, 7) is 5.51. The Morgan fingerprint density at radius 1 is 1.09 bits per heavy atom. The predicted octanol–water partition coefficient (Wildman–Crippen LogP) is 3.08. The molecule has 6 rings (SSSR count). The second-order valence-electron chi connectivity index (χ2n) is 8.57. The number of hydrogen-bond donors (Lipinski definition) is 0. The molecule has 0 amide bonds. The van der Waals surface area contributed by atoms with Gasteiger partial charge in [0.1, 0.15) is 16.3 Å². The van der Waals surface area contributed by atoms with Crippen LogP contribution >= 0.6 is 11.3 Å². The van der Waals surface area contributed by atoms with Gasteiger partial charge in [0.15, 0.2) is 10.6 Å². The maximum atomic E-state index is 13.7. The molecule has 0 saturated carbocycles. The Morgan fingerprint density at radius 3 is 2.76 bits per heavy atom. The summed E-state index contributed by atoms with van der Waals surface area (Å²) in [6, 6.07) is 2.67. The number of piperazine rings is 1. The van der Waals surface area contributed by atoms with Crippen LogP contribution in [0, 0.1) is 6.92 Å². The molecule has 2 saturated heterocycles. The zero-order valence-electron chi connectivity index (χ0n) is 17.7. The van der Waals surface area contributed by atoms with E-state index < -0.39 is 11.7 Å². The third-order valence-electron chi connectivity index (χ3n) is 6.37. The molecule has 2 aliphatic rings. The molecule has 1 atom stereocenters. The number of halogens is 3. The highest BCUT2D eigenvalue weighted by atomic mass is 32.1. The Hall–Kier alpha value is -2.99. The van der Waals surface area contributed by atoms with Gasteiger partial charge in [-0.3, -0.25) is 14.1 Å². The van der Waals surface area contributed by atoms with E-state index in [1.165, 1.54) is 40.8 Å². The smallest absolute Gasteiger partial charge is 0.359 e. The number of hydrogen-bond acceptors (Lipinski definition) is 7. The summed E-state index contributed by atoms with van der Waals surface area (Å²) >= 11 is 1.37. The maximum absolute atomic E-state index is 13.7. The van der Waals surface area contributed by atoms with E-state index in [2.05, 4.69) is 24.9 Å². The van der Waals surface area contributed by atoms with Crippen molar-refractivity contribution in [3.05, 3.63) is 46.1 Å². The first kappa shape index (κ1) is 20.6. The number of aryl methyl sites for hydroxylation is 1. The zero-order chi connectivity index (χ0) is 22.9. The Kier molecular flexibility index (Phi) is 4.53. The van der Waals surface area contributed by atoms with Crippen LogP contribution in [0.5, 0.6) is 0 Å². The normalized spacial score (nSPS) is 19.6. The fraction of sp³-hybridized carbons (Fsp3) is 0.429. The minimum atomic E-state index is -4.62. The van der Waals surface area contributed by atoms with Crippen LogP contribution in [0.3, 0.4) is 0 Å². The summed E-state index contributed by atoms with van der Waals surface area (Å²) in [5.41, 5.74) is -1.04. The SMILES string of the molecule is Cc1cn2nc(-c3cc(=O)n4cc(N5CCN6CCC[C@@H]6C5)sc4n3)cc(C(F)(F)F)c2n1. The van der Waals surface area contributed by atoms with Crippen molar-refractivity contribution in [3.63, 3.8) is 0 Å². The number of imidazole rings is 1. The number of rotatable bonds is 2. The van der Waals surface area contributed by atoms with Crippen molar-refractivity contribution in [2.75, 3.05) is 31.1 Å². The third kappa shape index (κ3) is 3.48. The molecule has 0 unspecified atom stereocenters. The molecule has 0 aromatic carbocycles. The minimum absolute atomic E-state index is 0.0265. The fourth-order valence-corrected chi connectivity index (χ4v) is 5.81. The van der Waals surface area contributed by atoms with E-state index in [4.69, 9.17) is 0 Å². The second kappa shape index (κ2) is 7.26. The average Bonchev–Trinajstić information content (AvgIpc) is 3.48. The Morgan fingerprint density at radius 2 is 1.94 bits per heavy atom. The van der Waals surface area contributed by atoms with Crippen molar-refractivity contribution in [2.24, 2.45) is 0 Å². The molecular weight excluding hydrogens is 455 g/mol. The molecule has 2 fully saturated rings. The van der Waals surface area contributed by atoms with Crippen molar-refractivity contribution in [1.29, 1.82) is 0 Å². The van der Waals surface area contributed by atoms with E-state index in [0.29, 0.717) is 16.7 Å². The number of thiazole rings is 1. The van der Waals surface area contributed by atoms with E-state index in [0.717, 1.165) is 41.8 Å². The highest BCUT2D eigenvalue weighted by Gasteiger charge is 2.35. The molecule has 6 heterocycles. The number of fused-ring (bicyclic) bond motifs is 3. The molecule has 8 nitrogen and oxygen atoms in total. The van der Waals surface area contributed by atoms with Crippen LogP contribution in [0.1, 0.15) is 24.1 Å². The van der Waals surface area contributed by atoms with Gasteiger partial charge >= 0.3 is 6.18 Å². The van der Waals surface area contributed by atoms with Gasteiger partial charge in [0.05, 0.1) is 17.6 Å². The van der Waals surface area contributed by atoms with E-state index in [1.54, 1.807) is 13.1 Å². The van der Waals surface area contributed by atoms with Crippen LogP contribution in [0.2, 0.25) is 0 Å². The van der Waals surface area contributed by atoms with Crippen LogP contribution in [0.25, 0.3) is 22.0 Å². The van der Waals surface area contributed by atoms with Crippen LogP contribution in [0.15, 0.2) is 29.3 Å². The summed E-state index contributed by atoms with van der Waals surface area (Å²) in [5, 5.41) is 5.19. The summed E-state index contributed by atoms with van der Waals surface area (Å²) in [7, 11) is 0.